The number of amides is 1. The number of nitrogens with one attached hydrogen (secondary N) is 1. The first-order valence-electron chi connectivity index (χ1n) is 9.99. The molecule has 10 nitrogen and oxygen atoms in total. The molecule has 0 saturated carbocycles. The number of H-pyrrole nitrogens is 1. The Morgan fingerprint density at radius 2 is 2.03 bits per heavy atom. The third kappa shape index (κ3) is 3.83. The van der Waals surface area contributed by atoms with Crippen LogP contribution in [-0.2, 0) is 0 Å². The standard InChI is InChI=1S/C21H22N6O4/c1-26(2)19-5-6-20(25-24-19)31-14-7-8-27(11-14)21(28)16-10-15(22-23-16)13-3-4-17-18(9-13)30-12-29-17/h3-6,9-10,14H,7-8,11-12H2,1-2H3,(H,22,23). The van der Waals surface area contributed by atoms with Crippen molar-refractivity contribution >= 4 is 11.7 Å². The van der Waals surface area contributed by atoms with Crippen LogP contribution >= 0.6 is 0 Å². The van der Waals surface area contributed by atoms with E-state index < -0.39 is 0 Å². The molecule has 2 aromatic heterocycles. The molecule has 0 bridgehead atoms. The second-order valence-electron chi connectivity index (χ2n) is 7.64. The van der Waals surface area contributed by atoms with E-state index in [1.165, 1.54) is 0 Å². The number of aromatic amines is 1. The molecule has 0 aliphatic carbocycles. The van der Waals surface area contributed by atoms with Crippen molar-refractivity contribution in [1.82, 2.24) is 25.3 Å². The predicted molar refractivity (Wildman–Crippen MR) is 111 cm³/mol. The second-order valence-corrected chi connectivity index (χ2v) is 7.64. The van der Waals surface area contributed by atoms with Gasteiger partial charge in [-0.2, -0.15) is 5.10 Å². The number of carbonyl (C=O) groups is 1. The summed E-state index contributed by atoms with van der Waals surface area (Å²) >= 11 is 0. The van der Waals surface area contributed by atoms with Gasteiger partial charge >= 0.3 is 0 Å². The van der Waals surface area contributed by atoms with Crippen LogP contribution in [0.4, 0.5) is 5.82 Å². The topological polar surface area (TPSA) is 106 Å². The van der Waals surface area contributed by atoms with Crippen LogP contribution < -0.4 is 19.1 Å². The molecule has 2 aliphatic rings. The fraction of sp³-hybridized carbons (Fsp3) is 0.333. The van der Waals surface area contributed by atoms with Gasteiger partial charge in [-0.1, -0.05) is 0 Å². The van der Waals surface area contributed by atoms with Gasteiger partial charge in [-0.05, 0) is 30.3 Å². The van der Waals surface area contributed by atoms with Gasteiger partial charge in [0, 0.05) is 38.7 Å². The van der Waals surface area contributed by atoms with Crippen molar-refractivity contribution in [1.29, 1.82) is 0 Å². The van der Waals surface area contributed by atoms with E-state index in [0.29, 0.717) is 41.9 Å². The second kappa shape index (κ2) is 7.78. The van der Waals surface area contributed by atoms with E-state index >= 15 is 0 Å². The van der Waals surface area contributed by atoms with Crippen LogP contribution in [0.1, 0.15) is 16.9 Å². The van der Waals surface area contributed by atoms with E-state index in [0.717, 1.165) is 17.8 Å². The number of anilines is 1. The van der Waals surface area contributed by atoms with E-state index in [1.54, 1.807) is 17.0 Å². The smallest absolute Gasteiger partial charge is 0.272 e. The zero-order valence-corrected chi connectivity index (χ0v) is 17.2. The van der Waals surface area contributed by atoms with E-state index in [1.807, 2.05) is 43.3 Å². The van der Waals surface area contributed by atoms with E-state index in [-0.39, 0.29) is 18.8 Å². The summed E-state index contributed by atoms with van der Waals surface area (Å²) in [5.41, 5.74) is 1.95. The van der Waals surface area contributed by atoms with Gasteiger partial charge in [-0.3, -0.25) is 9.89 Å². The molecule has 0 spiro atoms. The van der Waals surface area contributed by atoms with Crippen LogP contribution in [0.15, 0.2) is 36.4 Å². The molecule has 31 heavy (non-hydrogen) atoms. The number of ether oxygens (including phenoxy) is 3. The highest BCUT2D eigenvalue weighted by Crippen LogP contribution is 2.35. The minimum Gasteiger partial charge on any atom is -0.471 e. The summed E-state index contributed by atoms with van der Waals surface area (Å²) in [6.45, 7) is 1.30. The van der Waals surface area contributed by atoms with Gasteiger partial charge in [0.15, 0.2) is 17.3 Å². The van der Waals surface area contributed by atoms with Crippen molar-refractivity contribution in [2.75, 3.05) is 38.9 Å². The van der Waals surface area contributed by atoms with E-state index in [2.05, 4.69) is 20.4 Å². The summed E-state index contributed by atoms with van der Waals surface area (Å²) < 4.78 is 16.7. The molecule has 10 heteroatoms. The molecule has 1 N–H and O–H groups in total. The maximum absolute atomic E-state index is 12.9. The molecule has 1 saturated heterocycles. The Kier molecular flexibility index (Phi) is 4.81. The molecule has 1 atom stereocenters. The molecule has 4 heterocycles. The molecule has 1 unspecified atom stereocenters. The molecule has 0 radical (unpaired) electrons. The van der Waals surface area contributed by atoms with Crippen molar-refractivity contribution in [2.24, 2.45) is 0 Å². The number of carbonyl (C=O) groups excluding carboxylic acids is 1. The van der Waals surface area contributed by atoms with Crippen molar-refractivity contribution < 1.29 is 19.0 Å². The monoisotopic (exact) mass is 422 g/mol. The van der Waals surface area contributed by atoms with Gasteiger partial charge in [0.25, 0.3) is 5.91 Å². The number of hydrogen-bond acceptors (Lipinski definition) is 8. The number of likely N-dealkylation sites (tertiary alicyclic amines) is 1. The summed E-state index contributed by atoms with van der Waals surface area (Å²) in [7, 11) is 3.80. The lowest BCUT2D eigenvalue weighted by Crippen LogP contribution is -2.31. The fourth-order valence-electron chi connectivity index (χ4n) is 3.60. The molecule has 1 amide bonds. The van der Waals surface area contributed by atoms with Crippen molar-refractivity contribution in [3.63, 3.8) is 0 Å². The molecule has 1 fully saturated rings. The van der Waals surface area contributed by atoms with E-state index in [9.17, 15) is 4.79 Å². The van der Waals surface area contributed by atoms with Crippen LogP contribution in [0, 0.1) is 0 Å². The highest BCUT2D eigenvalue weighted by molar-refractivity contribution is 5.93. The van der Waals surface area contributed by atoms with Gasteiger partial charge in [0.05, 0.1) is 12.2 Å². The van der Waals surface area contributed by atoms with Crippen LogP contribution in [0.5, 0.6) is 17.4 Å². The quantitative estimate of drug-likeness (QED) is 0.665. The maximum atomic E-state index is 12.9. The average molecular weight is 422 g/mol. The van der Waals surface area contributed by atoms with Crippen LogP contribution in [0.25, 0.3) is 11.3 Å². The van der Waals surface area contributed by atoms with Crippen LogP contribution in [0.2, 0.25) is 0 Å². The summed E-state index contributed by atoms with van der Waals surface area (Å²) in [6.07, 6.45) is 0.603. The van der Waals surface area contributed by atoms with Gasteiger partial charge in [-0.25, -0.2) is 0 Å². The summed E-state index contributed by atoms with van der Waals surface area (Å²) in [5, 5.41) is 15.4. The number of aromatic nitrogens is 4. The number of hydrogen-bond donors (Lipinski definition) is 1. The Morgan fingerprint density at radius 1 is 1.16 bits per heavy atom. The first-order chi connectivity index (χ1) is 15.1. The van der Waals surface area contributed by atoms with Gasteiger partial charge in [0.1, 0.15) is 11.8 Å². The highest BCUT2D eigenvalue weighted by Gasteiger charge is 2.30. The van der Waals surface area contributed by atoms with Gasteiger partial charge < -0.3 is 24.0 Å². The number of rotatable bonds is 5. The lowest BCUT2D eigenvalue weighted by molar-refractivity contribution is 0.0765. The first-order valence-corrected chi connectivity index (χ1v) is 9.99. The van der Waals surface area contributed by atoms with Crippen molar-refractivity contribution in [3.05, 3.63) is 42.1 Å². The first kappa shape index (κ1) is 19.2. The fourth-order valence-corrected chi connectivity index (χ4v) is 3.60. The largest absolute Gasteiger partial charge is 0.471 e. The average Bonchev–Trinajstić information content (AvgIpc) is 3.53. The predicted octanol–water partition coefficient (Wildman–Crippen LogP) is 1.95. The van der Waals surface area contributed by atoms with Gasteiger partial charge in [0.2, 0.25) is 12.7 Å². The van der Waals surface area contributed by atoms with E-state index in [4.69, 9.17) is 14.2 Å². The molecule has 2 aliphatic heterocycles. The molecular weight excluding hydrogens is 400 g/mol. The number of fused-ring (bicyclic) bond motifs is 1. The Morgan fingerprint density at radius 3 is 2.84 bits per heavy atom. The molecular formula is C21H22N6O4. The zero-order valence-electron chi connectivity index (χ0n) is 17.2. The Labute approximate surface area is 178 Å². The van der Waals surface area contributed by atoms with Gasteiger partial charge in [-0.15, -0.1) is 10.2 Å². The minimum absolute atomic E-state index is 0.111. The van der Waals surface area contributed by atoms with Crippen LogP contribution in [0.3, 0.4) is 0 Å². The Balaban J connectivity index is 1.22. The third-order valence-electron chi connectivity index (χ3n) is 5.28. The SMILES string of the molecule is CN(C)c1ccc(OC2CCN(C(=O)c3cc(-c4ccc5c(c4)OCO5)n[nH]3)C2)nn1. The molecule has 1 aromatic carbocycles. The molecule has 5 rings (SSSR count). The minimum atomic E-state index is -0.125. The lowest BCUT2D eigenvalue weighted by atomic mass is 10.1. The van der Waals surface area contributed by atoms with Crippen molar-refractivity contribution in [3.8, 4) is 28.6 Å². The molecule has 160 valence electrons. The number of benzene rings is 1. The maximum Gasteiger partial charge on any atom is 0.272 e. The zero-order chi connectivity index (χ0) is 21.4. The molecule has 3 aromatic rings. The summed E-state index contributed by atoms with van der Waals surface area (Å²) in [5.74, 6) is 2.48. The van der Waals surface area contributed by atoms with Crippen LogP contribution in [-0.4, -0.2) is 71.3 Å². The normalized spacial score (nSPS) is 17.1. The third-order valence-corrected chi connectivity index (χ3v) is 5.28. The summed E-state index contributed by atoms with van der Waals surface area (Å²) in [6, 6.07) is 11.0. The van der Waals surface area contributed by atoms with Crippen molar-refractivity contribution in [2.45, 2.75) is 12.5 Å². The lowest BCUT2D eigenvalue weighted by Gasteiger charge is -2.16. The Hall–Kier alpha value is -3.82. The highest BCUT2D eigenvalue weighted by atomic mass is 16.7. The Bertz CT molecular complexity index is 1100. The summed E-state index contributed by atoms with van der Waals surface area (Å²) in [4.78, 5) is 16.5. The number of nitrogens with zero attached hydrogens (tertiary/aromatic N) is 5.